The Morgan fingerprint density at radius 2 is 2.00 bits per heavy atom. The van der Waals surface area contributed by atoms with Crippen LogP contribution in [0.5, 0.6) is 0 Å². The maximum Gasteiger partial charge on any atom is 0.0637 e. The Kier molecular flexibility index (Phi) is 4.55. The van der Waals surface area contributed by atoms with Crippen LogP contribution in [-0.2, 0) is 13.5 Å². The molecule has 1 aromatic heterocycles. The summed E-state index contributed by atoms with van der Waals surface area (Å²) < 4.78 is 2.96. The molecule has 0 radical (unpaired) electrons. The predicted molar refractivity (Wildman–Crippen MR) is 77.5 cm³/mol. The fourth-order valence-electron chi connectivity index (χ4n) is 1.88. The molecule has 2 aromatic rings. The molecule has 1 unspecified atom stereocenters. The number of hydrogen-bond donors (Lipinski definition) is 1. The summed E-state index contributed by atoms with van der Waals surface area (Å²) >= 11 is 3.45. The van der Waals surface area contributed by atoms with Crippen molar-refractivity contribution in [2.45, 2.75) is 19.4 Å². The normalized spacial score (nSPS) is 12.6. The fraction of sp³-hybridized carbons (Fsp3) is 0.357. The first-order chi connectivity index (χ1) is 8.65. The minimum Gasteiger partial charge on any atom is -0.310 e. The number of halogens is 1. The largest absolute Gasteiger partial charge is 0.310 e. The molecule has 0 spiro atoms. The van der Waals surface area contributed by atoms with Crippen molar-refractivity contribution < 1.29 is 0 Å². The zero-order chi connectivity index (χ0) is 13.0. The van der Waals surface area contributed by atoms with E-state index in [0.29, 0.717) is 6.04 Å². The predicted octanol–water partition coefficient (Wildman–Crippen LogP) is 3.08. The number of hydrogen-bond acceptors (Lipinski definition) is 2. The molecular formula is C14H18BrN3. The Bertz CT molecular complexity index is 490. The zero-order valence-corrected chi connectivity index (χ0v) is 12.3. The third-order valence-electron chi connectivity index (χ3n) is 2.97. The van der Waals surface area contributed by atoms with E-state index < -0.39 is 0 Å². The van der Waals surface area contributed by atoms with Crippen molar-refractivity contribution in [2.24, 2.45) is 7.05 Å². The van der Waals surface area contributed by atoms with Gasteiger partial charge in [0.25, 0.3) is 0 Å². The van der Waals surface area contributed by atoms with E-state index in [1.807, 2.05) is 17.9 Å². The smallest absolute Gasteiger partial charge is 0.0637 e. The third-order valence-corrected chi connectivity index (χ3v) is 3.50. The molecule has 0 bridgehead atoms. The molecule has 0 aliphatic carbocycles. The van der Waals surface area contributed by atoms with Gasteiger partial charge in [0.1, 0.15) is 0 Å². The zero-order valence-electron chi connectivity index (χ0n) is 10.7. The number of aryl methyl sites for hydroxylation is 1. The Morgan fingerprint density at radius 1 is 1.28 bits per heavy atom. The van der Waals surface area contributed by atoms with Crippen LogP contribution in [0.25, 0.3) is 0 Å². The summed E-state index contributed by atoms with van der Waals surface area (Å²) in [5.41, 5.74) is 2.44. The lowest BCUT2D eigenvalue weighted by molar-refractivity contribution is 0.571. The fourth-order valence-corrected chi connectivity index (χ4v) is 2.15. The first kappa shape index (κ1) is 13.3. The van der Waals surface area contributed by atoms with Gasteiger partial charge in [0.2, 0.25) is 0 Å². The molecule has 1 aromatic carbocycles. The van der Waals surface area contributed by atoms with E-state index >= 15 is 0 Å². The number of nitrogens with zero attached hydrogens (tertiary/aromatic N) is 2. The molecule has 0 aliphatic heterocycles. The molecule has 4 heteroatoms. The molecule has 0 fully saturated rings. The van der Waals surface area contributed by atoms with Crippen molar-refractivity contribution in [3.05, 3.63) is 52.3 Å². The molecular weight excluding hydrogens is 290 g/mol. The van der Waals surface area contributed by atoms with Crippen molar-refractivity contribution >= 4 is 15.9 Å². The van der Waals surface area contributed by atoms with Gasteiger partial charge in [-0.15, -0.1) is 0 Å². The van der Waals surface area contributed by atoms with Gasteiger partial charge < -0.3 is 5.32 Å². The van der Waals surface area contributed by atoms with Crippen LogP contribution in [0.2, 0.25) is 0 Å². The summed E-state index contributed by atoms with van der Waals surface area (Å²) in [5.74, 6) is 0. The van der Waals surface area contributed by atoms with Crippen molar-refractivity contribution in [3.8, 4) is 0 Å². The van der Waals surface area contributed by atoms with Gasteiger partial charge in [-0.1, -0.05) is 28.1 Å². The lowest BCUT2D eigenvalue weighted by atomic mass is 10.1. The maximum atomic E-state index is 4.36. The number of benzene rings is 1. The molecule has 1 atom stereocenters. The van der Waals surface area contributed by atoms with Crippen LogP contribution in [0.4, 0.5) is 0 Å². The Morgan fingerprint density at radius 3 is 2.61 bits per heavy atom. The molecule has 3 nitrogen and oxygen atoms in total. The maximum absolute atomic E-state index is 4.36. The quantitative estimate of drug-likeness (QED) is 0.920. The highest BCUT2D eigenvalue weighted by Crippen LogP contribution is 2.16. The molecule has 96 valence electrons. The summed E-state index contributed by atoms with van der Waals surface area (Å²) in [6, 6.07) is 10.9. The minimum atomic E-state index is 0.363. The number of nitrogens with one attached hydrogen (secondary N) is 1. The Balaban J connectivity index is 1.81. The SMILES string of the molecule is CC(NCCc1ccn(C)n1)c1ccc(Br)cc1. The van der Waals surface area contributed by atoms with E-state index in [-0.39, 0.29) is 0 Å². The van der Waals surface area contributed by atoms with Crippen molar-refractivity contribution in [1.29, 1.82) is 0 Å². The molecule has 18 heavy (non-hydrogen) atoms. The second-order valence-corrected chi connectivity index (χ2v) is 5.37. The lowest BCUT2D eigenvalue weighted by Gasteiger charge is -2.13. The number of rotatable bonds is 5. The Labute approximate surface area is 116 Å². The van der Waals surface area contributed by atoms with E-state index in [0.717, 1.165) is 23.1 Å². The van der Waals surface area contributed by atoms with Gasteiger partial charge in [-0.25, -0.2) is 0 Å². The molecule has 0 saturated heterocycles. The van der Waals surface area contributed by atoms with E-state index in [2.05, 4.69) is 63.6 Å². The molecule has 0 aliphatic rings. The highest BCUT2D eigenvalue weighted by molar-refractivity contribution is 9.10. The Hall–Kier alpha value is -1.13. The molecule has 0 amide bonds. The van der Waals surface area contributed by atoms with Gasteiger partial charge in [0.15, 0.2) is 0 Å². The van der Waals surface area contributed by atoms with Crippen molar-refractivity contribution in [1.82, 2.24) is 15.1 Å². The molecule has 2 rings (SSSR count). The highest BCUT2D eigenvalue weighted by atomic mass is 79.9. The monoisotopic (exact) mass is 307 g/mol. The van der Waals surface area contributed by atoms with Gasteiger partial charge in [-0.05, 0) is 30.7 Å². The molecule has 1 heterocycles. The number of aromatic nitrogens is 2. The topological polar surface area (TPSA) is 29.9 Å². The van der Waals surface area contributed by atoms with Crippen LogP contribution >= 0.6 is 15.9 Å². The molecule has 0 saturated carbocycles. The average molecular weight is 308 g/mol. The average Bonchev–Trinajstić information content (AvgIpc) is 2.76. The first-order valence-corrected chi connectivity index (χ1v) is 6.92. The van der Waals surface area contributed by atoms with Crippen molar-refractivity contribution in [2.75, 3.05) is 6.54 Å². The first-order valence-electron chi connectivity index (χ1n) is 6.12. The summed E-state index contributed by atoms with van der Waals surface area (Å²) in [6.45, 7) is 3.12. The summed E-state index contributed by atoms with van der Waals surface area (Å²) in [5, 5.41) is 7.87. The second-order valence-electron chi connectivity index (χ2n) is 4.46. The van der Waals surface area contributed by atoms with Crippen LogP contribution in [0.15, 0.2) is 41.0 Å². The van der Waals surface area contributed by atoms with Gasteiger partial charge in [-0.3, -0.25) is 4.68 Å². The van der Waals surface area contributed by atoms with E-state index in [9.17, 15) is 0 Å². The lowest BCUT2D eigenvalue weighted by Crippen LogP contribution is -2.21. The van der Waals surface area contributed by atoms with Crippen LogP contribution < -0.4 is 5.32 Å². The van der Waals surface area contributed by atoms with Gasteiger partial charge in [0.05, 0.1) is 5.69 Å². The van der Waals surface area contributed by atoms with Gasteiger partial charge in [-0.2, -0.15) is 5.10 Å². The third kappa shape index (κ3) is 3.68. The van der Waals surface area contributed by atoms with Crippen LogP contribution in [0, 0.1) is 0 Å². The van der Waals surface area contributed by atoms with Gasteiger partial charge >= 0.3 is 0 Å². The van der Waals surface area contributed by atoms with Gasteiger partial charge in [0, 0.05) is 36.7 Å². The van der Waals surface area contributed by atoms with Crippen LogP contribution in [-0.4, -0.2) is 16.3 Å². The van der Waals surface area contributed by atoms with Crippen LogP contribution in [0.3, 0.4) is 0 Å². The summed E-state index contributed by atoms with van der Waals surface area (Å²) in [4.78, 5) is 0. The minimum absolute atomic E-state index is 0.363. The van der Waals surface area contributed by atoms with Crippen LogP contribution in [0.1, 0.15) is 24.2 Å². The van der Waals surface area contributed by atoms with E-state index in [1.54, 1.807) is 0 Å². The van der Waals surface area contributed by atoms with Crippen molar-refractivity contribution in [3.63, 3.8) is 0 Å². The standard InChI is InChI=1S/C14H18BrN3/c1-11(12-3-5-13(15)6-4-12)16-9-7-14-8-10-18(2)17-14/h3-6,8,10-11,16H,7,9H2,1-2H3. The van der Waals surface area contributed by atoms with E-state index in [1.165, 1.54) is 5.56 Å². The summed E-state index contributed by atoms with van der Waals surface area (Å²) in [7, 11) is 1.95. The highest BCUT2D eigenvalue weighted by Gasteiger charge is 2.04. The van der Waals surface area contributed by atoms with E-state index in [4.69, 9.17) is 0 Å². The summed E-state index contributed by atoms with van der Waals surface area (Å²) in [6.07, 6.45) is 2.94. The second kappa shape index (κ2) is 6.16. The molecule has 1 N–H and O–H groups in total.